The lowest BCUT2D eigenvalue weighted by Gasteiger charge is -2.20. The summed E-state index contributed by atoms with van der Waals surface area (Å²) in [6, 6.07) is 5.08. The van der Waals surface area contributed by atoms with E-state index in [0.717, 1.165) is 24.1 Å². The first kappa shape index (κ1) is 15.8. The van der Waals surface area contributed by atoms with Crippen molar-refractivity contribution in [3.63, 3.8) is 0 Å². The number of nitrogens with one attached hydrogen (secondary N) is 1. The molecular formula is C14H21N3O3S. The second-order valence-electron chi connectivity index (χ2n) is 5.81. The number of hydrogen-bond acceptors (Lipinski definition) is 3. The summed E-state index contributed by atoms with van der Waals surface area (Å²) in [5.41, 5.74) is 1.37. The predicted molar refractivity (Wildman–Crippen MR) is 83.5 cm³/mol. The molecule has 0 unspecified atom stereocenters. The van der Waals surface area contributed by atoms with Crippen molar-refractivity contribution in [2.45, 2.75) is 39.0 Å². The summed E-state index contributed by atoms with van der Waals surface area (Å²) in [5, 5.41) is 4.98. The zero-order valence-corrected chi connectivity index (χ0v) is 13.3. The van der Waals surface area contributed by atoms with Crippen LogP contribution < -0.4 is 14.8 Å². The maximum Gasteiger partial charge on any atom is 0.296 e. The molecule has 1 aromatic rings. The van der Waals surface area contributed by atoms with Crippen molar-refractivity contribution in [3.8, 4) is 0 Å². The van der Waals surface area contributed by atoms with Crippen LogP contribution in [0.15, 0.2) is 18.2 Å². The highest BCUT2D eigenvalue weighted by atomic mass is 32.2. The van der Waals surface area contributed by atoms with Gasteiger partial charge < -0.3 is 4.90 Å². The molecule has 1 aromatic carbocycles. The summed E-state index contributed by atoms with van der Waals surface area (Å²) in [7, 11) is -3.82. The van der Waals surface area contributed by atoms with Gasteiger partial charge in [0.25, 0.3) is 10.2 Å². The van der Waals surface area contributed by atoms with Gasteiger partial charge in [-0.2, -0.15) is 8.42 Å². The molecule has 7 heteroatoms. The fourth-order valence-electron chi connectivity index (χ4n) is 2.60. The molecule has 1 aliphatic heterocycles. The molecule has 0 radical (unpaired) electrons. The third-order valence-electron chi connectivity index (χ3n) is 3.74. The van der Waals surface area contributed by atoms with E-state index in [1.165, 1.54) is 0 Å². The number of nitrogens with zero attached hydrogens (tertiary/aromatic N) is 1. The van der Waals surface area contributed by atoms with Gasteiger partial charge in [-0.25, -0.2) is 5.14 Å². The first-order valence-corrected chi connectivity index (χ1v) is 8.48. The molecule has 2 rings (SSSR count). The van der Waals surface area contributed by atoms with E-state index in [0.29, 0.717) is 12.2 Å². The van der Waals surface area contributed by atoms with Crippen molar-refractivity contribution in [2.24, 2.45) is 5.14 Å². The Bertz CT molecular complexity index is 668. The van der Waals surface area contributed by atoms with E-state index < -0.39 is 15.6 Å². The summed E-state index contributed by atoms with van der Waals surface area (Å²) in [6.45, 7) is 6.45. The smallest absolute Gasteiger partial charge is 0.296 e. The van der Waals surface area contributed by atoms with Gasteiger partial charge in [-0.1, -0.05) is 13.3 Å². The van der Waals surface area contributed by atoms with Crippen LogP contribution in [0.25, 0.3) is 0 Å². The molecule has 0 aromatic heterocycles. The van der Waals surface area contributed by atoms with E-state index in [2.05, 4.69) is 11.6 Å². The van der Waals surface area contributed by atoms with Crippen molar-refractivity contribution in [2.75, 3.05) is 16.2 Å². The number of amides is 1. The molecule has 1 amide bonds. The maximum atomic E-state index is 12.5. The third kappa shape index (κ3) is 3.03. The van der Waals surface area contributed by atoms with E-state index in [9.17, 15) is 13.2 Å². The molecule has 0 saturated carbocycles. The summed E-state index contributed by atoms with van der Waals surface area (Å²) in [5.74, 6) is 0.0405. The average molecular weight is 311 g/mol. The Hall–Kier alpha value is -1.60. The molecule has 1 heterocycles. The molecule has 0 fully saturated rings. The minimum absolute atomic E-state index is 0.0405. The fourth-order valence-corrected chi connectivity index (χ4v) is 3.06. The van der Waals surface area contributed by atoms with Crippen molar-refractivity contribution >= 4 is 27.5 Å². The van der Waals surface area contributed by atoms with Crippen LogP contribution in [0.2, 0.25) is 0 Å². The number of rotatable bonds is 5. The van der Waals surface area contributed by atoms with E-state index in [4.69, 9.17) is 5.14 Å². The number of carbonyl (C=O) groups excluding carboxylic acids is 1. The van der Waals surface area contributed by atoms with Crippen LogP contribution in [0.4, 0.5) is 11.4 Å². The molecule has 0 bridgehead atoms. The Kier molecular flexibility index (Phi) is 3.99. The number of benzene rings is 1. The van der Waals surface area contributed by atoms with Gasteiger partial charge in [0.2, 0.25) is 5.91 Å². The second kappa shape index (κ2) is 5.31. The van der Waals surface area contributed by atoms with Crippen LogP contribution in [-0.4, -0.2) is 20.9 Å². The van der Waals surface area contributed by atoms with Crippen LogP contribution in [0.1, 0.15) is 39.2 Å². The first-order valence-electron chi connectivity index (χ1n) is 6.94. The number of nitrogens with two attached hydrogens (primary N) is 1. The molecule has 0 saturated heterocycles. The largest absolute Gasteiger partial charge is 0.311 e. The van der Waals surface area contributed by atoms with Crippen LogP contribution in [0, 0.1) is 0 Å². The molecule has 3 N–H and O–H groups in total. The van der Waals surface area contributed by atoms with Crippen molar-refractivity contribution in [1.29, 1.82) is 0 Å². The Morgan fingerprint density at radius 2 is 2.00 bits per heavy atom. The van der Waals surface area contributed by atoms with Crippen LogP contribution in [-0.2, 0) is 20.4 Å². The predicted octanol–water partition coefficient (Wildman–Crippen LogP) is 1.73. The van der Waals surface area contributed by atoms with Gasteiger partial charge in [0.15, 0.2) is 0 Å². The lowest BCUT2D eigenvalue weighted by Crippen LogP contribution is -2.36. The average Bonchev–Trinajstić information content (AvgIpc) is 2.55. The van der Waals surface area contributed by atoms with Gasteiger partial charge >= 0.3 is 0 Å². The molecular weight excluding hydrogens is 290 g/mol. The van der Waals surface area contributed by atoms with Gasteiger partial charge in [0.1, 0.15) is 0 Å². The normalized spacial score (nSPS) is 17.0. The van der Waals surface area contributed by atoms with E-state index in [1.54, 1.807) is 23.1 Å². The van der Waals surface area contributed by atoms with Crippen molar-refractivity contribution < 1.29 is 13.2 Å². The summed E-state index contributed by atoms with van der Waals surface area (Å²) < 4.78 is 24.5. The summed E-state index contributed by atoms with van der Waals surface area (Å²) in [6.07, 6.45) is 1.93. The number of carbonyl (C=O) groups is 1. The maximum absolute atomic E-state index is 12.5. The molecule has 0 spiro atoms. The van der Waals surface area contributed by atoms with E-state index in [-0.39, 0.29) is 5.91 Å². The van der Waals surface area contributed by atoms with Gasteiger partial charge in [-0.15, -0.1) is 0 Å². The lowest BCUT2D eigenvalue weighted by atomic mass is 9.86. The monoisotopic (exact) mass is 311 g/mol. The minimum atomic E-state index is -3.82. The Balaban J connectivity index is 2.43. The third-order valence-corrected chi connectivity index (χ3v) is 4.26. The summed E-state index contributed by atoms with van der Waals surface area (Å²) in [4.78, 5) is 14.3. The molecule has 21 heavy (non-hydrogen) atoms. The molecule has 0 atom stereocenters. The first-order chi connectivity index (χ1) is 9.66. The van der Waals surface area contributed by atoms with Gasteiger partial charge in [0, 0.05) is 12.2 Å². The molecule has 0 aliphatic carbocycles. The van der Waals surface area contributed by atoms with Gasteiger partial charge in [0.05, 0.1) is 11.1 Å². The van der Waals surface area contributed by atoms with Gasteiger partial charge in [-0.3, -0.25) is 9.52 Å². The highest BCUT2D eigenvalue weighted by molar-refractivity contribution is 7.90. The SMILES string of the molecule is CCCCN1C(=O)C(C)(C)c2cc(NS(N)(=O)=O)ccc21. The highest BCUT2D eigenvalue weighted by Gasteiger charge is 2.43. The highest BCUT2D eigenvalue weighted by Crippen LogP contribution is 2.42. The Morgan fingerprint density at radius 3 is 2.57 bits per heavy atom. The zero-order valence-electron chi connectivity index (χ0n) is 12.5. The second-order valence-corrected chi connectivity index (χ2v) is 7.11. The van der Waals surface area contributed by atoms with Crippen LogP contribution >= 0.6 is 0 Å². The topological polar surface area (TPSA) is 92.5 Å². The number of anilines is 2. The van der Waals surface area contributed by atoms with Crippen molar-refractivity contribution in [1.82, 2.24) is 0 Å². The minimum Gasteiger partial charge on any atom is -0.311 e. The van der Waals surface area contributed by atoms with Crippen LogP contribution in [0.3, 0.4) is 0 Å². The Labute approximate surface area is 125 Å². The molecule has 1 aliphatic rings. The van der Waals surface area contributed by atoms with Crippen LogP contribution in [0.5, 0.6) is 0 Å². The quantitative estimate of drug-likeness (QED) is 0.867. The molecule has 116 valence electrons. The Morgan fingerprint density at radius 1 is 1.33 bits per heavy atom. The number of unbranched alkanes of at least 4 members (excludes halogenated alkanes) is 1. The standard InChI is InChI=1S/C14H21N3O3S/c1-4-5-8-17-12-7-6-10(16-21(15,19)20)9-11(12)14(2,3)13(17)18/h6-7,9,16H,4-5,8H2,1-3H3,(H2,15,19,20). The lowest BCUT2D eigenvalue weighted by molar-refractivity contribution is -0.122. The number of fused-ring (bicyclic) bond motifs is 1. The van der Waals surface area contributed by atoms with Gasteiger partial charge in [-0.05, 0) is 44.0 Å². The fraction of sp³-hybridized carbons (Fsp3) is 0.500. The molecule has 6 nitrogen and oxygen atoms in total. The van der Waals surface area contributed by atoms with E-state index >= 15 is 0 Å². The number of hydrogen-bond donors (Lipinski definition) is 2. The summed E-state index contributed by atoms with van der Waals surface area (Å²) >= 11 is 0. The van der Waals surface area contributed by atoms with Crippen molar-refractivity contribution in [3.05, 3.63) is 23.8 Å². The van der Waals surface area contributed by atoms with E-state index in [1.807, 2.05) is 13.8 Å². The zero-order chi connectivity index (χ0) is 15.8.